The molecule has 28 heavy (non-hydrogen) atoms. The fourth-order valence-corrected chi connectivity index (χ4v) is 3.79. The molecule has 0 aliphatic rings. The summed E-state index contributed by atoms with van der Waals surface area (Å²) in [6.07, 6.45) is -4.96. The first kappa shape index (κ1) is 21.7. The molecular formula is C18H18F3NO5S. The summed E-state index contributed by atoms with van der Waals surface area (Å²) in [6.45, 7) is 1.02. The van der Waals surface area contributed by atoms with Gasteiger partial charge in [-0.25, -0.2) is 8.42 Å². The number of esters is 1. The molecule has 0 aromatic heterocycles. The van der Waals surface area contributed by atoms with E-state index < -0.39 is 39.5 Å². The minimum absolute atomic E-state index is 0.158. The van der Waals surface area contributed by atoms with Gasteiger partial charge in [0.05, 0.1) is 12.0 Å². The van der Waals surface area contributed by atoms with Crippen LogP contribution in [0.5, 0.6) is 5.75 Å². The Balaban J connectivity index is 2.42. The Morgan fingerprint density at radius 3 is 2.39 bits per heavy atom. The molecule has 0 heterocycles. The van der Waals surface area contributed by atoms with Crippen LogP contribution in [0.25, 0.3) is 0 Å². The molecule has 2 aromatic rings. The van der Waals surface area contributed by atoms with Gasteiger partial charge in [0.1, 0.15) is 12.3 Å². The van der Waals surface area contributed by atoms with Gasteiger partial charge >= 0.3 is 12.3 Å². The molecular weight excluding hydrogens is 399 g/mol. The molecule has 2 rings (SSSR count). The number of benzene rings is 2. The van der Waals surface area contributed by atoms with Crippen LogP contribution in [-0.4, -0.2) is 38.7 Å². The monoisotopic (exact) mass is 417 g/mol. The smallest absolute Gasteiger partial charge is 0.468 e. The minimum atomic E-state index is -4.96. The maximum absolute atomic E-state index is 13.0. The summed E-state index contributed by atoms with van der Waals surface area (Å²) < 4.78 is 72.5. The second kappa shape index (κ2) is 8.61. The van der Waals surface area contributed by atoms with Crippen LogP contribution in [0.3, 0.4) is 0 Å². The lowest BCUT2D eigenvalue weighted by atomic mass is 10.1. The zero-order chi connectivity index (χ0) is 20.9. The van der Waals surface area contributed by atoms with E-state index in [4.69, 9.17) is 0 Å². The van der Waals surface area contributed by atoms with Crippen molar-refractivity contribution in [3.63, 3.8) is 0 Å². The number of rotatable bonds is 7. The average Bonchev–Trinajstić information content (AvgIpc) is 2.61. The van der Waals surface area contributed by atoms with E-state index in [-0.39, 0.29) is 6.54 Å². The number of hydrogen-bond acceptors (Lipinski definition) is 5. The number of alkyl halides is 3. The topological polar surface area (TPSA) is 72.9 Å². The van der Waals surface area contributed by atoms with E-state index in [1.165, 1.54) is 0 Å². The molecule has 10 heteroatoms. The fourth-order valence-electron chi connectivity index (χ4n) is 2.39. The molecule has 0 radical (unpaired) electrons. The van der Waals surface area contributed by atoms with Crippen molar-refractivity contribution in [1.82, 2.24) is 4.31 Å². The van der Waals surface area contributed by atoms with Gasteiger partial charge in [-0.3, -0.25) is 4.79 Å². The third-order valence-corrected chi connectivity index (χ3v) is 5.61. The molecule has 0 aliphatic heterocycles. The first-order valence-corrected chi connectivity index (χ1v) is 9.44. The zero-order valence-corrected chi connectivity index (χ0v) is 15.9. The predicted molar refractivity (Wildman–Crippen MR) is 93.9 cm³/mol. The second-order valence-corrected chi connectivity index (χ2v) is 7.74. The van der Waals surface area contributed by atoms with E-state index in [0.717, 1.165) is 41.2 Å². The third-order valence-electron chi connectivity index (χ3n) is 3.82. The summed E-state index contributed by atoms with van der Waals surface area (Å²) in [5.41, 5.74) is 1.43. The van der Waals surface area contributed by atoms with E-state index in [0.29, 0.717) is 5.56 Å². The first-order valence-electron chi connectivity index (χ1n) is 8.00. The lowest BCUT2D eigenvalue weighted by Crippen LogP contribution is -2.36. The average molecular weight is 417 g/mol. The number of halogens is 3. The Labute approximate surface area is 160 Å². The van der Waals surface area contributed by atoms with Gasteiger partial charge in [0, 0.05) is 12.6 Å². The van der Waals surface area contributed by atoms with E-state index >= 15 is 0 Å². The number of aryl methyl sites for hydroxylation is 1. The Kier molecular flexibility index (Phi) is 6.68. The number of carbonyl (C=O) groups is 1. The fraction of sp³-hybridized carbons (Fsp3) is 0.278. The van der Waals surface area contributed by atoms with Crippen molar-refractivity contribution >= 4 is 16.0 Å². The van der Waals surface area contributed by atoms with Crippen LogP contribution >= 0.6 is 0 Å². The highest BCUT2D eigenvalue weighted by atomic mass is 32.2. The van der Waals surface area contributed by atoms with Crippen molar-refractivity contribution < 1.29 is 35.9 Å². The Morgan fingerprint density at radius 2 is 1.79 bits per heavy atom. The van der Waals surface area contributed by atoms with Gasteiger partial charge in [-0.15, -0.1) is 13.2 Å². The Hall–Kier alpha value is -2.59. The highest BCUT2D eigenvalue weighted by Gasteiger charge is 2.32. The summed E-state index contributed by atoms with van der Waals surface area (Å²) in [4.78, 5) is 11.3. The minimum Gasteiger partial charge on any atom is -0.468 e. The molecule has 0 unspecified atom stereocenters. The molecule has 0 aliphatic carbocycles. The van der Waals surface area contributed by atoms with Crippen molar-refractivity contribution in [3.8, 4) is 5.75 Å². The number of sulfonamides is 1. The van der Waals surface area contributed by atoms with Crippen molar-refractivity contribution in [2.75, 3.05) is 13.7 Å². The van der Waals surface area contributed by atoms with Gasteiger partial charge in [0.25, 0.3) is 0 Å². The van der Waals surface area contributed by atoms with Gasteiger partial charge < -0.3 is 9.47 Å². The molecule has 152 valence electrons. The van der Waals surface area contributed by atoms with Crippen molar-refractivity contribution in [2.45, 2.75) is 24.7 Å². The Bertz CT molecular complexity index is 944. The maximum Gasteiger partial charge on any atom is 0.573 e. The third kappa shape index (κ3) is 5.70. The molecule has 0 bridgehead atoms. The summed E-state index contributed by atoms with van der Waals surface area (Å²) >= 11 is 0. The van der Waals surface area contributed by atoms with E-state index in [1.54, 1.807) is 31.2 Å². The molecule has 0 atom stereocenters. The molecule has 0 N–H and O–H groups in total. The number of hydrogen-bond donors (Lipinski definition) is 0. The van der Waals surface area contributed by atoms with Crippen LogP contribution in [0.4, 0.5) is 13.2 Å². The zero-order valence-electron chi connectivity index (χ0n) is 15.1. The van der Waals surface area contributed by atoms with Crippen LogP contribution in [0.1, 0.15) is 11.1 Å². The number of carbonyl (C=O) groups excluding carboxylic acids is 1. The summed E-state index contributed by atoms with van der Waals surface area (Å²) in [7, 11) is -3.20. The second-order valence-electron chi connectivity index (χ2n) is 5.80. The summed E-state index contributed by atoms with van der Waals surface area (Å²) in [6, 6.07) is 10.9. The predicted octanol–water partition coefficient (Wildman–Crippen LogP) is 3.26. The lowest BCUT2D eigenvalue weighted by molar-refractivity contribution is -0.274. The van der Waals surface area contributed by atoms with Gasteiger partial charge in [-0.1, -0.05) is 30.3 Å². The van der Waals surface area contributed by atoms with Gasteiger partial charge in [0.15, 0.2) is 0 Å². The van der Waals surface area contributed by atoms with E-state index in [9.17, 15) is 26.4 Å². The molecule has 0 amide bonds. The van der Waals surface area contributed by atoms with Gasteiger partial charge in [-0.05, 0) is 30.2 Å². The molecule has 6 nitrogen and oxygen atoms in total. The largest absolute Gasteiger partial charge is 0.573 e. The molecule has 0 saturated heterocycles. The number of nitrogens with zero attached hydrogens (tertiary/aromatic N) is 1. The molecule has 2 aromatic carbocycles. The van der Waals surface area contributed by atoms with E-state index in [2.05, 4.69) is 9.47 Å². The highest BCUT2D eigenvalue weighted by molar-refractivity contribution is 7.89. The van der Waals surface area contributed by atoms with Crippen molar-refractivity contribution in [2.24, 2.45) is 0 Å². The van der Waals surface area contributed by atoms with E-state index in [1.807, 2.05) is 0 Å². The SMILES string of the molecule is COC(=O)CN(Cc1ccccc1C)S(=O)(=O)c1cccc(OC(F)(F)F)c1. The van der Waals surface area contributed by atoms with Gasteiger partial charge in [0.2, 0.25) is 10.0 Å². The molecule has 0 spiro atoms. The van der Waals surface area contributed by atoms with Crippen LogP contribution in [0.2, 0.25) is 0 Å². The van der Waals surface area contributed by atoms with Crippen LogP contribution < -0.4 is 4.74 Å². The highest BCUT2D eigenvalue weighted by Crippen LogP contribution is 2.27. The molecule has 0 fully saturated rings. The van der Waals surface area contributed by atoms with Crippen molar-refractivity contribution in [1.29, 1.82) is 0 Å². The summed E-state index contributed by atoms with van der Waals surface area (Å²) in [5.74, 6) is -1.48. The number of ether oxygens (including phenoxy) is 2. The maximum atomic E-state index is 13.0. The van der Waals surface area contributed by atoms with Crippen LogP contribution in [0.15, 0.2) is 53.4 Å². The Morgan fingerprint density at radius 1 is 1.11 bits per heavy atom. The van der Waals surface area contributed by atoms with Crippen molar-refractivity contribution in [3.05, 3.63) is 59.7 Å². The molecule has 0 saturated carbocycles. The first-order chi connectivity index (χ1) is 13.0. The number of methoxy groups -OCH3 is 1. The summed E-state index contributed by atoms with van der Waals surface area (Å²) in [5, 5.41) is 0. The lowest BCUT2D eigenvalue weighted by Gasteiger charge is -2.22. The van der Waals surface area contributed by atoms with Crippen LogP contribution in [0, 0.1) is 6.92 Å². The van der Waals surface area contributed by atoms with Gasteiger partial charge in [-0.2, -0.15) is 4.31 Å². The quantitative estimate of drug-likeness (QED) is 0.647. The standard InChI is InChI=1S/C18H18F3NO5S/c1-13-6-3-4-7-14(13)11-22(12-17(23)26-2)28(24,25)16-9-5-8-15(10-16)27-18(19,20)21/h3-10H,11-12H2,1-2H3. The normalized spacial score (nSPS) is 12.1. The van der Waals surface area contributed by atoms with Crippen LogP contribution in [-0.2, 0) is 26.1 Å².